The molecule has 1 heterocycles. The Balaban J connectivity index is 1.63. The van der Waals surface area contributed by atoms with Crippen LogP contribution >= 0.6 is 11.6 Å². The minimum Gasteiger partial charge on any atom is -0.508 e. The SMILES string of the molecule is Cc1ccc([C@@H]2CN(Cc3ccccc3)CCN2c2ccc(O)cc2Cl)cc1. The predicted molar refractivity (Wildman–Crippen MR) is 116 cm³/mol. The van der Waals surface area contributed by atoms with Gasteiger partial charge in [-0.3, -0.25) is 4.90 Å². The minimum atomic E-state index is 0.198. The lowest BCUT2D eigenvalue weighted by atomic mass is 9.99. The van der Waals surface area contributed by atoms with E-state index in [1.807, 2.05) is 6.07 Å². The van der Waals surface area contributed by atoms with Crippen LogP contribution in [0.5, 0.6) is 5.75 Å². The van der Waals surface area contributed by atoms with E-state index in [0.29, 0.717) is 5.02 Å². The van der Waals surface area contributed by atoms with Crippen LogP contribution in [-0.4, -0.2) is 29.6 Å². The zero-order valence-corrected chi connectivity index (χ0v) is 16.8. The number of phenolic OH excluding ortho intramolecular Hbond substituents is 1. The number of aromatic hydroxyl groups is 1. The van der Waals surface area contributed by atoms with Gasteiger partial charge in [0.2, 0.25) is 0 Å². The van der Waals surface area contributed by atoms with Gasteiger partial charge in [0.05, 0.1) is 16.8 Å². The Kier molecular flexibility index (Phi) is 5.56. The van der Waals surface area contributed by atoms with Crippen molar-refractivity contribution in [1.29, 1.82) is 0 Å². The monoisotopic (exact) mass is 392 g/mol. The van der Waals surface area contributed by atoms with Crippen molar-refractivity contribution in [2.45, 2.75) is 19.5 Å². The molecule has 0 amide bonds. The summed E-state index contributed by atoms with van der Waals surface area (Å²) in [4.78, 5) is 4.87. The highest BCUT2D eigenvalue weighted by molar-refractivity contribution is 6.33. The lowest BCUT2D eigenvalue weighted by molar-refractivity contribution is 0.215. The first kappa shape index (κ1) is 18.9. The molecule has 3 aromatic rings. The van der Waals surface area contributed by atoms with Crippen LogP contribution in [0.1, 0.15) is 22.7 Å². The maximum Gasteiger partial charge on any atom is 0.117 e. The largest absolute Gasteiger partial charge is 0.508 e. The number of phenols is 1. The summed E-state index contributed by atoms with van der Waals surface area (Å²) >= 11 is 6.49. The number of piperazine rings is 1. The fraction of sp³-hybridized carbons (Fsp3) is 0.250. The van der Waals surface area contributed by atoms with Crippen molar-refractivity contribution in [3.63, 3.8) is 0 Å². The minimum absolute atomic E-state index is 0.198. The summed E-state index contributed by atoms with van der Waals surface area (Å²) in [6.07, 6.45) is 0. The van der Waals surface area contributed by atoms with Crippen LogP contribution in [-0.2, 0) is 6.54 Å². The first-order valence-electron chi connectivity index (χ1n) is 9.68. The first-order valence-corrected chi connectivity index (χ1v) is 10.1. The second kappa shape index (κ2) is 8.26. The zero-order valence-electron chi connectivity index (χ0n) is 16.1. The Morgan fingerprint density at radius 1 is 0.964 bits per heavy atom. The summed E-state index contributed by atoms with van der Waals surface area (Å²) in [5.41, 5.74) is 4.85. The summed E-state index contributed by atoms with van der Waals surface area (Å²) in [6, 6.07) is 24.9. The molecule has 1 fully saturated rings. The van der Waals surface area contributed by atoms with Crippen LogP contribution in [0.25, 0.3) is 0 Å². The highest BCUT2D eigenvalue weighted by Crippen LogP contribution is 2.37. The van der Waals surface area contributed by atoms with Crippen molar-refractivity contribution in [2.75, 3.05) is 24.5 Å². The molecule has 0 bridgehead atoms. The van der Waals surface area contributed by atoms with E-state index in [1.54, 1.807) is 12.1 Å². The van der Waals surface area contributed by atoms with Gasteiger partial charge in [0.1, 0.15) is 5.75 Å². The average molecular weight is 393 g/mol. The molecule has 28 heavy (non-hydrogen) atoms. The van der Waals surface area contributed by atoms with Gasteiger partial charge in [-0.2, -0.15) is 0 Å². The highest BCUT2D eigenvalue weighted by Gasteiger charge is 2.29. The number of halogens is 1. The zero-order chi connectivity index (χ0) is 19.5. The normalized spacial score (nSPS) is 17.6. The van der Waals surface area contributed by atoms with E-state index >= 15 is 0 Å². The van der Waals surface area contributed by atoms with Gasteiger partial charge in [0.25, 0.3) is 0 Å². The van der Waals surface area contributed by atoms with E-state index in [9.17, 15) is 5.11 Å². The van der Waals surface area contributed by atoms with Crippen LogP contribution < -0.4 is 4.90 Å². The third kappa shape index (κ3) is 4.16. The van der Waals surface area contributed by atoms with Gasteiger partial charge in [-0.1, -0.05) is 71.8 Å². The van der Waals surface area contributed by atoms with Crippen molar-refractivity contribution in [1.82, 2.24) is 4.90 Å². The van der Waals surface area contributed by atoms with Crippen LogP contribution in [0.4, 0.5) is 5.69 Å². The van der Waals surface area contributed by atoms with Crippen LogP contribution in [0.15, 0.2) is 72.8 Å². The maximum atomic E-state index is 9.74. The molecule has 0 radical (unpaired) electrons. The fourth-order valence-electron chi connectivity index (χ4n) is 3.92. The molecule has 4 rings (SSSR count). The smallest absolute Gasteiger partial charge is 0.117 e. The van der Waals surface area contributed by atoms with Gasteiger partial charge in [0.15, 0.2) is 0 Å². The summed E-state index contributed by atoms with van der Waals surface area (Å²) < 4.78 is 0. The Labute approximate surface area is 171 Å². The van der Waals surface area contributed by atoms with E-state index in [4.69, 9.17) is 11.6 Å². The molecule has 0 aliphatic carbocycles. The van der Waals surface area contributed by atoms with Gasteiger partial charge in [-0.15, -0.1) is 0 Å². The first-order chi connectivity index (χ1) is 13.6. The molecule has 1 aliphatic rings. The molecule has 3 nitrogen and oxygen atoms in total. The third-order valence-electron chi connectivity index (χ3n) is 5.42. The number of rotatable bonds is 4. The molecular weight excluding hydrogens is 368 g/mol. The van der Waals surface area contributed by atoms with Crippen LogP contribution in [0, 0.1) is 6.92 Å². The fourth-order valence-corrected chi connectivity index (χ4v) is 4.20. The molecular formula is C24H25ClN2O. The number of nitrogens with zero attached hydrogens (tertiary/aromatic N) is 2. The van der Waals surface area contributed by atoms with Gasteiger partial charge < -0.3 is 10.0 Å². The van der Waals surface area contributed by atoms with Crippen molar-refractivity contribution >= 4 is 17.3 Å². The molecule has 0 spiro atoms. The van der Waals surface area contributed by atoms with E-state index in [2.05, 4.69) is 71.3 Å². The van der Waals surface area contributed by atoms with Crippen molar-refractivity contribution in [3.8, 4) is 5.75 Å². The third-order valence-corrected chi connectivity index (χ3v) is 5.72. The second-order valence-electron chi connectivity index (χ2n) is 7.48. The highest BCUT2D eigenvalue weighted by atomic mass is 35.5. The van der Waals surface area contributed by atoms with E-state index in [-0.39, 0.29) is 11.8 Å². The number of hydrogen-bond acceptors (Lipinski definition) is 3. The van der Waals surface area contributed by atoms with E-state index in [1.165, 1.54) is 16.7 Å². The Morgan fingerprint density at radius 2 is 1.71 bits per heavy atom. The molecule has 144 valence electrons. The lowest BCUT2D eigenvalue weighted by Gasteiger charge is -2.43. The lowest BCUT2D eigenvalue weighted by Crippen LogP contribution is -2.48. The summed E-state index contributed by atoms with van der Waals surface area (Å²) in [7, 11) is 0. The van der Waals surface area contributed by atoms with E-state index < -0.39 is 0 Å². The van der Waals surface area contributed by atoms with Crippen molar-refractivity contribution in [3.05, 3.63) is 94.5 Å². The molecule has 1 aliphatic heterocycles. The maximum absolute atomic E-state index is 9.74. The second-order valence-corrected chi connectivity index (χ2v) is 7.88. The number of hydrogen-bond donors (Lipinski definition) is 1. The molecule has 1 N–H and O–H groups in total. The van der Waals surface area contributed by atoms with Crippen LogP contribution in [0.2, 0.25) is 5.02 Å². The number of anilines is 1. The topological polar surface area (TPSA) is 26.7 Å². The van der Waals surface area contributed by atoms with Gasteiger partial charge in [0, 0.05) is 32.2 Å². The van der Waals surface area contributed by atoms with Gasteiger partial charge in [-0.25, -0.2) is 0 Å². The average Bonchev–Trinajstić information content (AvgIpc) is 2.70. The molecule has 1 saturated heterocycles. The van der Waals surface area contributed by atoms with Crippen LogP contribution in [0.3, 0.4) is 0 Å². The quantitative estimate of drug-likeness (QED) is 0.642. The van der Waals surface area contributed by atoms with E-state index in [0.717, 1.165) is 31.9 Å². The predicted octanol–water partition coefficient (Wildman–Crippen LogP) is 5.42. The molecule has 0 saturated carbocycles. The standard InChI is InChI=1S/C24H25ClN2O/c1-18-7-9-20(10-8-18)24-17-26(16-19-5-3-2-4-6-19)13-14-27(24)23-12-11-21(28)15-22(23)25/h2-12,15,24,28H,13-14,16-17H2,1H3/t24-/m0/s1. The van der Waals surface area contributed by atoms with Crippen molar-refractivity contribution < 1.29 is 5.11 Å². The Bertz CT molecular complexity index is 927. The Hall–Kier alpha value is -2.49. The number of benzene rings is 3. The van der Waals surface area contributed by atoms with Crippen molar-refractivity contribution in [2.24, 2.45) is 0 Å². The molecule has 0 aromatic heterocycles. The van der Waals surface area contributed by atoms with Gasteiger partial charge in [-0.05, 0) is 30.2 Å². The summed E-state index contributed by atoms with van der Waals surface area (Å²) in [5, 5.41) is 10.3. The number of aryl methyl sites for hydroxylation is 1. The molecule has 0 unspecified atom stereocenters. The molecule has 3 aromatic carbocycles. The summed E-state index contributed by atoms with van der Waals surface area (Å²) in [6.45, 7) is 5.83. The molecule has 4 heteroatoms. The van der Waals surface area contributed by atoms with Gasteiger partial charge >= 0.3 is 0 Å². The summed E-state index contributed by atoms with van der Waals surface area (Å²) in [5.74, 6) is 0.198. The Morgan fingerprint density at radius 3 is 2.43 bits per heavy atom. The molecule has 1 atom stereocenters.